The van der Waals surface area contributed by atoms with Gasteiger partial charge in [0.15, 0.2) is 0 Å². The highest BCUT2D eigenvalue weighted by Gasteiger charge is 2.29. The predicted octanol–water partition coefficient (Wildman–Crippen LogP) is 3.08. The number of halogens is 1. The van der Waals surface area contributed by atoms with Gasteiger partial charge in [0, 0.05) is 23.8 Å². The van der Waals surface area contributed by atoms with Gasteiger partial charge in [-0.25, -0.2) is 4.98 Å². The summed E-state index contributed by atoms with van der Waals surface area (Å²) < 4.78 is 0. The molecule has 2 heterocycles. The Morgan fingerprint density at radius 3 is 3.18 bits per heavy atom. The highest BCUT2D eigenvalue weighted by molar-refractivity contribution is 7.09. The second-order valence-corrected chi connectivity index (χ2v) is 5.82. The zero-order valence-electron chi connectivity index (χ0n) is 9.99. The van der Waals surface area contributed by atoms with Gasteiger partial charge in [0.1, 0.15) is 5.69 Å². The zero-order valence-corrected chi connectivity index (χ0v) is 11.6. The average molecular weight is 273 g/mol. The molecule has 94 valence electrons. The smallest absolute Gasteiger partial charge is 0.273 e. The van der Waals surface area contributed by atoms with Crippen LogP contribution in [0.15, 0.2) is 5.38 Å². The summed E-state index contributed by atoms with van der Waals surface area (Å²) in [7, 11) is 0. The van der Waals surface area contributed by atoms with Gasteiger partial charge >= 0.3 is 0 Å². The van der Waals surface area contributed by atoms with E-state index in [1.165, 1.54) is 11.3 Å². The Bertz CT molecular complexity index is 394. The summed E-state index contributed by atoms with van der Waals surface area (Å²) in [6.07, 6.45) is 4.19. The van der Waals surface area contributed by atoms with Gasteiger partial charge in [0.05, 0.1) is 5.01 Å². The van der Waals surface area contributed by atoms with Gasteiger partial charge in [0.25, 0.3) is 5.91 Å². The third-order valence-electron chi connectivity index (χ3n) is 3.15. The number of aromatic nitrogens is 1. The summed E-state index contributed by atoms with van der Waals surface area (Å²) in [6, 6.07) is 0.364. The van der Waals surface area contributed by atoms with Crippen molar-refractivity contribution in [3.8, 4) is 0 Å². The van der Waals surface area contributed by atoms with E-state index in [2.05, 4.69) is 4.98 Å². The number of carbonyl (C=O) groups excluding carboxylic acids is 1. The predicted molar refractivity (Wildman–Crippen MR) is 70.9 cm³/mol. The van der Waals surface area contributed by atoms with Crippen LogP contribution in [0.4, 0.5) is 0 Å². The number of likely N-dealkylation sites (tertiary alicyclic amines) is 1. The van der Waals surface area contributed by atoms with Gasteiger partial charge in [0.2, 0.25) is 0 Å². The number of aryl methyl sites for hydroxylation is 1. The monoisotopic (exact) mass is 272 g/mol. The van der Waals surface area contributed by atoms with Crippen LogP contribution in [-0.4, -0.2) is 34.3 Å². The first-order valence-electron chi connectivity index (χ1n) is 6.01. The summed E-state index contributed by atoms with van der Waals surface area (Å²) in [6.45, 7) is 2.79. The van der Waals surface area contributed by atoms with Crippen molar-refractivity contribution in [3.63, 3.8) is 0 Å². The molecule has 1 atom stereocenters. The number of amides is 1. The van der Waals surface area contributed by atoms with Crippen LogP contribution in [0, 0.1) is 6.92 Å². The minimum Gasteiger partial charge on any atom is -0.334 e. The minimum atomic E-state index is 0.0893. The van der Waals surface area contributed by atoms with Crippen molar-refractivity contribution in [1.29, 1.82) is 0 Å². The van der Waals surface area contributed by atoms with Crippen LogP contribution < -0.4 is 0 Å². The lowest BCUT2D eigenvalue weighted by atomic mass is 10.1. The minimum absolute atomic E-state index is 0.0893. The van der Waals surface area contributed by atoms with Crippen molar-refractivity contribution in [3.05, 3.63) is 16.1 Å². The third kappa shape index (κ3) is 2.99. The molecule has 1 saturated heterocycles. The second-order valence-electron chi connectivity index (χ2n) is 4.38. The fraction of sp³-hybridized carbons (Fsp3) is 0.667. The average Bonchev–Trinajstić information content (AvgIpc) is 2.94. The maximum Gasteiger partial charge on any atom is 0.273 e. The van der Waals surface area contributed by atoms with Gasteiger partial charge in [-0.3, -0.25) is 4.79 Å². The largest absolute Gasteiger partial charge is 0.334 e. The van der Waals surface area contributed by atoms with Gasteiger partial charge < -0.3 is 4.90 Å². The van der Waals surface area contributed by atoms with E-state index in [-0.39, 0.29) is 5.91 Å². The number of alkyl halides is 1. The number of nitrogens with zero attached hydrogens (tertiary/aromatic N) is 2. The quantitative estimate of drug-likeness (QED) is 0.789. The molecule has 1 aliphatic rings. The van der Waals surface area contributed by atoms with Crippen LogP contribution in [0.5, 0.6) is 0 Å². The Balaban J connectivity index is 2.03. The van der Waals surface area contributed by atoms with E-state index in [0.29, 0.717) is 17.6 Å². The lowest BCUT2D eigenvalue weighted by Gasteiger charge is -2.23. The standard InChI is InChI=1S/C12H17ClN2OS/c1-9-14-11(8-17-9)12(16)15-7-3-5-10(15)4-2-6-13/h8,10H,2-7H2,1H3. The van der Waals surface area contributed by atoms with Crippen LogP contribution in [0.25, 0.3) is 0 Å². The van der Waals surface area contributed by atoms with Crippen LogP contribution in [-0.2, 0) is 0 Å². The summed E-state index contributed by atoms with van der Waals surface area (Å²) in [4.78, 5) is 18.5. The molecule has 0 radical (unpaired) electrons. The number of thiazole rings is 1. The van der Waals surface area contributed by atoms with E-state index < -0.39 is 0 Å². The van der Waals surface area contributed by atoms with Crippen molar-refractivity contribution >= 4 is 28.8 Å². The molecule has 1 aromatic heterocycles. The van der Waals surface area contributed by atoms with Crippen molar-refractivity contribution in [1.82, 2.24) is 9.88 Å². The highest BCUT2D eigenvalue weighted by atomic mass is 35.5. The molecule has 0 bridgehead atoms. The molecule has 17 heavy (non-hydrogen) atoms. The third-order valence-corrected chi connectivity index (χ3v) is 4.19. The van der Waals surface area contributed by atoms with Gasteiger partial charge in [-0.1, -0.05) is 0 Å². The molecule has 5 heteroatoms. The van der Waals surface area contributed by atoms with E-state index >= 15 is 0 Å². The van der Waals surface area contributed by atoms with Gasteiger partial charge in [-0.05, 0) is 32.6 Å². The normalized spacial score (nSPS) is 19.9. The fourth-order valence-electron chi connectivity index (χ4n) is 2.32. The molecule has 1 fully saturated rings. The Kier molecular flexibility index (Phi) is 4.40. The van der Waals surface area contributed by atoms with Crippen molar-refractivity contribution in [2.45, 2.75) is 38.6 Å². The van der Waals surface area contributed by atoms with Gasteiger partial charge in [-0.2, -0.15) is 0 Å². The van der Waals surface area contributed by atoms with Crippen LogP contribution in [0.1, 0.15) is 41.2 Å². The Labute approximate surface area is 111 Å². The van der Waals surface area contributed by atoms with E-state index in [9.17, 15) is 4.79 Å². The molecule has 1 aromatic rings. The molecule has 2 rings (SSSR count). The molecule has 1 unspecified atom stereocenters. The first-order valence-corrected chi connectivity index (χ1v) is 7.43. The lowest BCUT2D eigenvalue weighted by molar-refractivity contribution is 0.0725. The topological polar surface area (TPSA) is 33.2 Å². The van der Waals surface area contributed by atoms with E-state index in [0.717, 1.165) is 37.2 Å². The summed E-state index contributed by atoms with van der Waals surface area (Å²) >= 11 is 7.24. The first-order chi connectivity index (χ1) is 8.22. The Hall–Kier alpha value is -0.610. The number of carbonyl (C=O) groups is 1. The molecular formula is C12H17ClN2OS. The summed E-state index contributed by atoms with van der Waals surface area (Å²) in [5.41, 5.74) is 0.602. The highest BCUT2D eigenvalue weighted by Crippen LogP contribution is 2.24. The zero-order chi connectivity index (χ0) is 12.3. The number of hydrogen-bond donors (Lipinski definition) is 0. The summed E-state index contributed by atoms with van der Waals surface area (Å²) in [5, 5.41) is 2.80. The first kappa shape index (κ1) is 12.8. The second kappa shape index (κ2) is 5.83. The molecule has 1 aliphatic heterocycles. The summed E-state index contributed by atoms with van der Waals surface area (Å²) in [5.74, 6) is 0.764. The molecule has 0 aromatic carbocycles. The van der Waals surface area contributed by atoms with Crippen LogP contribution >= 0.6 is 22.9 Å². The fourth-order valence-corrected chi connectivity index (χ4v) is 3.07. The molecular weight excluding hydrogens is 256 g/mol. The lowest BCUT2D eigenvalue weighted by Crippen LogP contribution is -2.35. The Morgan fingerprint density at radius 1 is 1.71 bits per heavy atom. The Morgan fingerprint density at radius 2 is 2.53 bits per heavy atom. The molecule has 3 nitrogen and oxygen atoms in total. The van der Waals surface area contributed by atoms with E-state index in [4.69, 9.17) is 11.6 Å². The van der Waals surface area contributed by atoms with Gasteiger partial charge in [-0.15, -0.1) is 22.9 Å². The van der Waals surface area contributed by atoms with Crippen molar-refractivity contribution in [2.24, 2.45) is 0 Å². The molecule has 0 spiro atoms. The maximum absolute atomic E-state index is 12.3. The molecule has 0 saturated carbocycles. The van der Waals surface area contributed by atoms with Crippen LogP contribution in [0.3, 0.4) is 0 Å². The molecule has 0 N–H and O–H groups in total. The van der Waals surface area contributed by atoms with Crippen LogP contribution in [0.2, 0.25) is 0 Å². The molecule has 1 amide bonds. The van der Waals surface area contributed by atoms with Crippen molar-refractivity contribution in [2.75, 3.05) is 12.4 Å². The maximum atomic E-state index is 12.3. The SMILES string of the molecule is Cc1nc(C(=O)N2CCCC2CCCCl)cs1. The van der Waals surface area contributed by atoms with Crippen molar-refractivity contribution < 1.29 is 4.79 Å². The van der Waals surface area contributed by atoms with E-state index in [1.807, 2.05) is 17.2 Å². The number of rotatable bonds is 4. The molecule has 0 aliphatic carbocycles. The number of hydrogen-bond acceptors (Lipinski definition) is 3. The van der Waals surface area contributed by atoms with E-state index in [1.54, 1.807) is 0 Å².